The molecule has 0 aliphatic rings. The molecule has 0 fully saturated rings. The molecule has 0 heterocycles. The molecule has 0 rings (SSSR count). The molecule has 0 amide bonds. The van der Waals surface area contributed by atoms with Gasteiger partial charge in [0.05, 0.1) is 21.1 Å². The van der Waals surface area contributed by atoms with Crippen molar-refractivity contribution in [3.8, 4) is 0 Å². The molecule has 0 aromatic rings. The van der Waals surface area contributed by atoms with Crippen molar-refractivity contribution < 1.29 is 24.3 Å². The minimum atomic E-state index is -1.33. The number of carbonyl (C=O) groups is 2. The van der Waals surface area contributed by atoms with Gasteiger partial charge >= 0.3 is 11.9 Å². The van der Waals surface area contributed by atoms with E-state index in [1.807, 2.05) is 0 Å². The molecule has 5 heteroatoms. The van der Waals surface area contributed by atoms with Crippen molar-refractivity contribution in [2.24, 2.45) is 5.92 Å². The zero-order valence-corrected chi connectivity index (χ0v) is 9.24. The molecule has 0 aliphatic carbocycles. The van der Waals surface area contributed by atoms with E-state index in [4.69, 9.17) is 10.2 Å². The Bertz CT molecular complexity index is 256. The number of carboxylic acids is 2. The second-order valence-corrected chi connectivity index (χ2v) is 4.53. The predicted octanol–water partition coefficient (Wildman–Crippen LogP) is 0.257. The number of hydrogen-bond donors (Lipinski definition) is 2. The Kier molecular flexibility index (Phi) is 3.29. The maximum absolute atomic E-state index is 11.1. The highest BCUT2D eigenvalue weighted by atomic mass is 16.4. The highest BCUT2D eigenvalue weighted by Gasteiger charge is 2.53. The molecular formula is C9H18NO4+. The van der Waals surface area contributed by atoms with E-state index in [1.165, 1.54) is 13.8 Å². The standard InChI is InChI=1S/C9H17NO4/c1-6(7(11)12)9(2,8(13)14)10(3,4)5/h6H,1-5H3,(H-,11,12,13,14)/p+1. The molecule has 0 aromatic heterocycles. The van der Waals surface area contributed by atoms with Gasteiger partial charge in [-0.2, -0.15) is 0 Å². The second-order valence-electron chi connectivity index (χ2n) is 4.53. The first-order valence-electron chi connectivity index (χ1n) is 4.33. The third-order valence-electron chi connectivity index (χ3n) is 3.04. The van der Waals surface area contributed by atoms with Crippen LogP contribution in [-0.4, -0.2) is 53.3 Å². The third kappa shape index (κ3) is 1.87. The van der Waals surface area contributed by atoms with Crippen LogP contribution in [0, 0.1) is 5.92 Å². The van der Waals surface area contributed by atoms with Gasteiger partial charge in [-0.1, -0.05) is 0 Å². The molecule has 0 saturated carbocycles. The largest absolute Gasteiger partial charge is 0.481 e. The first-order valence-corrected chi connectivity index (χ1v) is 4.33. The Morgan fingerprint density at radius 1 is 1.21 bits per heavy atom. The van der Waals surface area contributed by atoms with Crippen LogP contribution in [0.15, 0.2) is 0 Å². The molecule has 0 bridgehead atoms. The van der Waals surface area contributed by atoms with Crippen molar-refractivity contribution in [3.05, 3.63) is 0 Å². The number of carboxylic acid groups (broad SMARTS) is 2. The van der Waals surface area contributed by atoms with E-state index < -0.39 is 23.4 Å². The monoisotopic (exact) mass is 204 g/mol. The molecule has 0 radical (unpaired) electrons. The average molecular weight is 204 g/mol. The quantitative estimate of drug-likeness (QED) is 0.644. The van der Waals surface area contributed by atoms with E-state index in [2.05, 4.69) is 0 Å². The topological polar surface area (TPSA) is 74.6 Å². The second kappa shape index (κ2) is 3.57. The van der Waals surface area contributed by atoms with Crippen LogP contribution in [0.5, 0.6) is 0 Å². The molecule has 0 spiro atoms. The molecule has 2 unspecified atom stereocenters. The lowest BCUT2D eigenvalue weighted by Gasteiger charge is -2.42. The van der Waals surface area contributed by atoms with Gasteiger partial charge in [-0.05, 0) is 6.92 Å². The summed E-state index contributed by atoms with van der Waals surface area (Å²) in [6, 6.07) is 0. The van der Waals surface area contributed by atoms with Crippen molar-refractivity contribution in [3.63, 3.8) is 0 Å². The van der Waals surface area contributed by atoms with Crippen molar-refractivity contribution in [1.82, 2.24) is 0 Å². The summed E-state index contributed by atoms with van der Waals surface area (Å²) in [6.07, 6.45) is 0. The minimum absolute atomic E-state index is 0.0653. The summed E-state index contributed by atoms with van der Waals surface area (Å²) in [6.45, 7) is 2.87. The highest BCUT2D eigenvalue weighted by Crippen LogP contribution is 2.28. The predicted molar refractivity (Wildman–Crippen MR) is 50.9 cm³/mol. The van der Waals surface area contributed by atoms with E-state index in [0.717, 1.165) is 0 Å². The van der Waals surface area contributed by atoms with Crippen LogP contribution in [0.3, 0.4) is 0 Å². The Morgan fingerprint density at radius 3 is 1.64 bits per heavy atom. The lowest BCUT2D eigenvalue weighted by molar-refractivity contribution is -0.914. The summed E-state index contributed by atoms with van der Waals surface area (Å²) in [4.78, 5) is 22.0. The summed E-state index contributed by atoms with van der Waals surface area (Å²) >= 11 is 0. The highest BCUT2D eigenvalue weighted by molar-refractivity contribution is 5.85. The normalized spacial score (nSPS) is 18.4. The zero-order chi connectivity index (χ0) is 11.7. The van der Waals surface area contributed by atoms with Gasteiger partial charge in [0.2, 0.25) is 5.54 Å². The van der Waals surface area contributed by atoms with Gasteiger partial charge in [-0.3, -0.25) is 4.79 Å². The number of quaternary nitrogens is 1. The molecule has 0 saturated heterocycles. The zero-order valence-electron chi connectivity index (χ0n) is 9.24. The van der Waals surface area contributed by atoms with Crippen molar-refractivity contribution >= 4 is 11.9 Å². The van der Waals surface area contributed by atoms with E-state index >= 15 is 0 Å². The van der Waals surface area contributed by atoms with Crippen molar-refractivity contribution in [2.45, 2.75) is 19.4 Å². The number of aliphatic carboxylic acids is 2. The summed E-state index contributed by atoms with van der Waals surface area (Å²) in [5.74, 6) is -3.14. The van der Waals surface area contributed by atoms with Crippen LogP contribution in [0.25, 0.3) is 0 Å². The van der Waals surface area contributed by atoms with Crippen LogP contribution >= 0.6 is 0 Å². The molecule has 0 aromatic carbocycles. The van der Waals surface area contributed by atoms with Crippen molar-refractivity contribution in [1.29, 1.82) is 0 Å². The SMILES string of the molecule is CC(C(=O)O)C(C)(C(=O)O)[N+](C)(C)C. The van der Waals surface area contributed by atoms with Crippen molar-refractivity contribution in [2.75, 3.05) is 21.1 Å². The van der Waals surface area contributed by atoms with E-state index in [-0.39, 0.29) is 4.48 Å². The number of nitrogens with zero attached hydrogens (tertiary/aromatic N) is 1. The maximum Gasteiger partial charge on any atom is 0.366 e. The van der Waals surface area contributed by atoms with Crippen LogP contribution in [0.2, 0.25) is 0 Å². The lowest BCUT2D eigenvalue weighted by Crippen LogP contribution is -2.65. The Balaban J connectivity index is 5.33. The van der Waals surface area contributed by atoms with E-state index in [0.29, 0.717) is 0 Å². The van der Waals surface area contributed by atoms with Crippen LogP contribution in [-0.2, 0) is 9.59 Å². The van der Waals surface area contributed by atoms with Gasteiger partial charge in [0.25, 0.3) is 0 Å². The van der Waals surface area contributed by atoms with Crippen LogP contribution in [0.1, 0.15) is 13.8 Å². The number of rotatable bonds is 4. The summed E-state index contributed by atoms with van der Waals surface area (Å²) < 4.78 is 0.0653. The molecule has 2 N–H and O–H groups in total. The van der Waals surface area contributed by atoms with Gasteiger partial charge in [0.1, 0.15) is 5.92 Å². The third-order valence-corrected chi connectivity index (χ3v) is 3.04. The van der Waals surface area contributed by atoms with Gasteiger partial charge < -0.3 is 14.7 Å². The Hall–Kier alpha value is -1.10. The Labute approximate surface area is 83.5 Å². The molecular weight excluding hydrogens is 186 g/mol. The summed E-state index contributed by atoms with van der Waals surface area (Å²) in [5, 5.41) is 18.0. The molecule has 5 nitrogen and oxygen atoms in total. The Morgan fingerprint density at radius 2 is 1.57 bits per heavy atom. The molecule has 14 heavy (non-hydrogen) atoms. The molecule has 2 atom stereocenters. The summed E-state index contributed by atoms with van der Waals surface area (Å²) in [5.41, 5.74) is -1.33. The van der Waals surface area contributed by atoms with E-state index in [9.17, 15) is 9.59 Å². The fourth-order valence-electron chi connectivity index (χ4n) is 1.29. The van der Waals surface area contributed by atoms with Gasteiger partial charge in [0.15, 0.2) is 0 Å². The molecule has 0 aliphatic heterocycles. The average Bonchev–Trinajstić information content (AvgIpc) is 1.98. The van der Waals surface area contributed by atoms with Gasteiger partial charge in [-0.25, -0.2) is 4.79 Å². The smallest absolute Gasteiger partial charge is 0.366 e. The molecule has 82 valence electrons. The first kappa shape index (κ1) is 12.9. The minimum Gasteiger partial charge on any atom is -0.481 e. The first-order chi connectivity index (χ1) is 6.05. The number of hydrogen-bond acceptors (Lipinski definition) is 2. The maximum atomic E-state index is 11.1. The van der Waals surface area contributed by atoms with Gasteiger partial charge in [-0.15, -0.1) is 0 Å². The fraction of sp³-hybridized carbons (Fsp3) is 0.778. The van der Waals surface area contributed by atoms with Gasteiger partial charge in [0, 0.05) is 6.92 Å². The fourth-order valence-corrected chi connectivity index (χ4v) is 1.29. The van der Waals surface area contributed by atoms with Crippen LogP contribution in [0.4, 0.5) is 0 Å². The lowest BCUT2D eigenvalue weighted by atomic mass is 9.84. The van der Waals surface area contributed by atoms with Crippen LogP contribution < -0.4 is 0 Å². The number of likely N-dealkylation sites (N-methyl/N-ethyl adjacent to an activating group) is 1. The summed E-state index contributed by atoms with van der Waals surface area (Å²) in [7, 11) is 5.02. The van der Waals surface area contributed by atoms with E-state index in [1.54, 1.807) is 21.1 Å².